The Morgan fingerprint density at radius 3 is 2.32 bits per heavy atom. The maximum atomic E-state index is 12.0. The first kappa shape index (κ1) is 15.9. The molecule has 0 aliphatic rings. The molecule has 0 saturated carbocycles. The summed E-state index contributed by atoms with van der Waals surface area (Å²) in [4.78, 5) is 19.1. The van der Waals surface area contributed by atoms with Gasteiger partial charge in [-0.2, -0.15) is 0 Å². The first-order valence-electron chi connectivity index (χ1n) is 6.96. The standard InChI is InChI=1S/C15H27N3O/c1-9(2)15(6,7)8-16-10(3)13-11(4)17-12(5)18-14(13)19/h9-10,16H,8H2,1-7H3,(H,17,18,19). The van der Waals surface area contributed by atoms with Gasteiger partial charge >= 0.3 is 0 Å². The molecular weight excluding hydrogens is 238 g/mol. The van der Waals surface area contributed by atoms with E-state index in [2.05, 4.69) is 43.0 Å². The van der Waals surface area contributed by atoms with Crippen molar-refractivity contribution in [2.75, 3.05) is 6.54 Å². The van der Waals surface area contributed by atoms with Gasteiger partial charge in [0.25, 0.3) is 5.56 Å². The third-order valence-electron chi connectivity index (χ3n) is 4.12. The molecule has 1 atom stereocenters. The van der Waals surface area contributed by atoms with Crippen LogP contribution in [-0.4, -0.2) is 16.5 Å². The van der Waals surface area contributed by atoms with Crippen molar-refractivity contribution >= 4 is 0 Å². The Morgan fingerprint density at radius 2 is 1.84 bits per heavy atom. The Balaban J connectivity index is 2.86. The fraction of sp³-hybridized carbons (Fsp3) is 0.733. The molecule has 1 heterocycles. The highest BCUT2D eigenvalue weighted by atomic mass is 16.1. The van der Waals surface area contributed by atoms with Crippen LogP contribution in [0.2, 0.25) is 0 Å². The second-order valence-electron chi connectivity index (χ2n) is 6.40. The maximum Gasteiger partial charge on any atom is 0.255 e. The monoisotopic (exact) mass is 265 g/mol. The zero-order valence-corrected chi connectivity index (χ0v) is 13.2. The molecule has 0 amide bonds. The van der Waals surface area contributed by atoms with Gasteiger partial charge in [0.1, 0.15) is 5.82 Å². The average Bonchev–Trinajstić information content (AvgIpc) is 2.24. The molecule has 0 radical (unpaired) electrons. The molecule has 0 aromatic carbocycles. The molecule has 4 nitrogen and oxygen atoms in total. The van der Waals surface area contributed by atoms with Crippen LogP contribution in [0.25, 0.3) is 0 Å². The lowest BCUT2D eigenvalue weighted by molar-refractivity contribution is 0.230. The molecule has 108 valence electrons. The number of aryl methyl sites for hydroxylation is 2. The van der Waals surface area contributed by atoms with Crippen LogP contribution in [0.15, 0.2) is 4.79 Å². The summed E-state index contributed by atoms with van der Waals surface area (Å²) in [5.74, 6) is 1.25. The number of nitrogens with one attached hydrogen (secondary N) is 2. The van der Waals surface area contributed by atoms with Gasteiger partial charge in [0, 0.05) is 18.3 Å². The van der Waals surface area contributed by atoms with Crippen molar-refractivity contribution in [3.63, 3.8) is 0 Å². The van der Waals surface area contributed by atoms with E-state index < -0.39 is 0 Å². The molecule has 1 aromatic heterocycles. The van der Waals surface area contributed by atoms with Gasteiger partial charge < -0.3 is 10.3 Å². The maximum absolute atomic E-state index is 12.0. The quantitative estimate of drug-likeness (QED) is 0.860. The summed E-state index contributed by atoms with van der Waals surface area (Å²) in [7, 11) is 0. The van der Waals surface area contributed by atoms with E-state index >= 15 is 0 Å². The second-order valence-corrected chi connectivity index (χ2v) is 6.40. The lowest BCUT2D eigenvalue weighted by atomic mass is 9.81. The molecule has 1 rings (SSSR count). The number of aromatic nitrogens is 2. The summed E-state index contributed by atoms with van der Waals surface area (Å²) < 4.78 is 0. The van der Waals surface area contributed by atoms with E-state index in [9.17, 15) is 4.79 Å². The minimum atomic E-state index is -0.0349. The van der Waals surface area contributed by atoms with Crippen molar-refractivity contribution in [2.45, 2.75) is 54.5 Å². The highest BCUT2D eigenvalue weighted by molar-refractivity contribution is 5.20. The average molecular weight is 265 g/mol. The van der Waals surface area contributed by atoms with Gasteiger partial charge in [-0.15, -0.1) is 0 Å². The Labute approximate surface area is 116 Å². The normalized spacial score (nSPS) is 13.9. The summed E-state index contributed by atoms with van der Waals surface area (Å²) in [5.41, 5.74) is 1.72. The van der Waals surface area contributed by atoms with Crippen molar-refractivity contribution in [3.05, 3.63) is 27.4 Å². The minimum Gasteiger partial charge on any atom is -0.310 e. The van der Waals surface area contributed by atoms with Crippen molar-refractivity contribution < 1.29 is 0 Å². The molecule has 0 aliphatic carbocycles. The number of aromatic amines is 1. The second kappa shape index (κ2) is 5.87. The molecule has 0 bridgehead atoms. The van der Waals surface area contributed by atoms with E-state index in [1.165, 1.54) is 0 Å². The fourth-order valence-corrected chi connectivity index (χ4v) is 1.97. The number of hydrogen-bond acceptors (Lipinski definition) is 3. The molecular formula is C15H27N3O. The molecule has 1 aromatic rings. The molecule has 4 heteroatoms. The lowest BCUT2D eigenvalue weighted by Gasteiger charge is -2.31. The number of hydrogen-bond donors (Lipinski definition) is 2. The zero-order chi connectivity index (χ0) is 14.8. The molecule has 0 aliphatic heterocycles. The molecule has 0 fully saturated rings. The Bertz CT molecular complexity index is 489. The van der Waals surface area contributed by atoms with Crippen LogP contribution in [0.4, 0.5) is 0 Å². The van der Waals surface area contributed by atoms with Crippen LogP contribution in [0.3, 0.4) is 0 Å². The fourth-order valence-electron chi connectivity index (χ4n) is 1.97. The number of rotatable bonds is 5. The first-order chi connectivity index (χ1) is 8.65. The van der Waals surface area contributed by atoms with Crippen molar-refractivity contribution in [1.29, 1.82) is 0 Å². The lowest BCUT2D eigenvalue weighted by Crippen LogP contribution is -2.37. The van der Waals surface area contributed by atoms with Gasteiger partial charge in [-0.1, -0.05) is 27.7 Å². The predicted molar refractivity (Wildman–Crippen MR) is 79.4 cm³/mol. The highest BCUT2D eigenvalue weighted by Crippen LogP contribution is 2.25. The SMILES string of the molecule is Cc1nc(C)c(C(C)NCC(C)(C)C(C)C)c(=O)[nH]1. The van der Waals surface area contributed by atoms with E-state index in [1.807, 2.05) is 13.8 Å². The molecule has 19 heavy (non-hydrogen) atoms. The van der Waals surface area contributed by atoms with Crippen molar-refractivity contribution in [2.24, 2.45) is 11.3 Å². The molecule has 0 saturated heterocycles. The van der Waals surface area contributed by atoms with Gasteiger partial charge in [-0.05, 0) is 32.1 Å². The van der Waals surface area contributed by atoms with E-state index in [0.29, 0.717) is 11.7 Å². The van der Waals surface area contributed by atoms with Crippen LogP contribution in [0.5, 0.6) is 0 Å². The summed E-state index contributed by atoms with van der Waals surface area (Å²) in [6, 6.07) is 0.00914. The van der Waals surface area contributed by atoms with Gasteiger partial charge in [0.15, 0.2) is 0 Å². The smallest absolute Gasteiger partial charge is 0.255 e. The minimum absolute atomic E-state index is 0.00914. The van der Waals surface area contributed by atoms with E-state index in [1.54, 1.807) is 6.92 Å². The number of H-pyrrole nitrogens is 1. The van der Waals surface area contributed by atoms with Gasteiger partial charge in [0.05, 0.1) is 5.56 Å². The van der Waals surface area contributed by atoms with Gasteiger partial charge in [0.2, 0.25) is 0 Å². The molecule has 0 spiro atoms. The molecule has 1 unspecified atom stereocenters. The summed E-state index contributed by atoms with van der Waals surface area (Å²) in [6.07, 6.45) is 0. The summed E-state index contributed by atoms with van der Waals surface area (Å²) in [5, 5.41) is 3.46. The third kappa shape index (κ3) is 3.90. The zero-order valence-electron chi connectivity index (χ0n) is 13.2. The summed E-state index contributed by atoms with van der Waals surface area (Å²) >= 11 is 0. The van der Waals surface area contributed by atoms with E-state index in [0.717, 1.165) is 17.8 Å². The van der Waals surface area contributed by atoms with E-state index in [4.69, 9.17) is 0 Å². The predicted octanol–water partition coefficient (Wildman–Crippen LogP) is 2.72. The van der Waals surface area contributed by atoms with Crippen LogP contribution in [0.1, 0.15) is 57.7 Å². The van der Waals surface area contributed by atoms with Gasteiger partial charge in [-0.3, -0.25) is 4.79 Å². The van der Waals surface area contributed by atoms with E-state index in [-0.39, 0.29) is 17.0 Å². The van der Waals surface area contributed by atoms with Crippen LogP contribution >= 0.6 is 0 Å². The largest absolute Gasteiger partial charge is 0.310 e. The molecule has 2 N–H and O–H groups in total. The van der Waals surface area contributed by atoms with Crippen LogP contribution < -0.4 is 10.9 Å². The highest BCUT2D eigenvalue weighted by Gasteiger charge is 2.24. The Morgan fingerprint density at radius 1 is 1.26 bits per heavy atom. The summed E-state index contributed by atoms with van der Waals surface area (Å²) in [6.45, 7) is 15.5. The first-order valence-corrected chi connectivity index (χ1v) is 6.96. The van der Waals surface area contributed by atoms with Crippen molar-refractivity contribution in [1.82, 2.24) is 15.3 Å². The topological polar surface area (TPSA) is 57.8 Å². The van der Waals surface area contributed by atoms with Gasteiger partial charge in [-0.25, -0.2) is 4.98 Å². The van der Waals surface area contributed by atoms with Crippen molar-refractivity contribution in [3.8, 4) is 0 Å². The third-order valence-corrected chi connectivity index (χ3v) is 4.12. The van der Waals surface area contributed by atoms with Crippen LogP contribution in [0, 0.1) is 25.2 Å². The Kier molecular flexibility index (Phi) is 4.91. The van der Waals surface area contributed by atoms with Crippen LogP contribution in [-0.2, 0) is 0 Å². The Hall–Kier alpha value is -1.16. The number of nitrogens with zero attached hydrogens (tertiary/aromatic N) is 1.